The van der Waals surface area contributed by atoms with Crippen LogP contribution in [-0.4, -0.2) is 33.9 Å². The molecule has 1 saturated heterocycles. The van der Waals surface area contributed by atoms with Crippen LogP contribution in [0.25, 0.3) is 11.0 Å². The molecular weight excluding hydrogens is 326 g/mol. The Balaban J connectivity index is 1.43. The Morgan fingerprint density at radius 2 is 1.88 bits per heavy atom. The van der Waals surface area contributed by atoms with Gasteiger partial charge in [-0.15, -0.1) is 0 Å². The number of aromatic amines is 1. The summed E-state index contributed by atoms with van der Waals surface area (Å²) in [5.41, 5.74) is 4.07. The first-order valence-electron chi connectivity index (χ1n) is 9.03. The molecular formula is C20H23N5O. The Hall–Kier alpha value is -2.89. The van der Waals surface area contributed by atoms with E-state index in [0.717, 1.165) is 54.0 Å². The number of hydrogen-bond acceptors (Lipinski definition) is 4. The molecule has 0 aliphatic carbocycles. The van der Waals surface area contributed by atoms with Crippen LogP contribution in [0.15, 0.2) is 36.8 Å². The summed E-state index contributed by atoms with van der Waals surface area (Å²) >= 11 is 0. The number of anilines is 2. The fourth-order valence-corrected chi connectivity index (χ4v) is 3.57. The second-order valence-electron chi connectivity index (χ2n) is 7.01. The molecule has 6 nitrogen and oxygen atoms in total. The summed E-state index contributed by atoms with van der Waals surface area (Å²) in [6.45, 7) is 5.75. The van der Waals surface area contributed by atoms with Gasteiger partial charge in [-0.2, -0.15) is 0 Å². The molecule has 3 aromatic rings. The van der Waals surface area contributed by atoms with Gasteiger partial charge >= 0.3 is 0 Å². The van der Waals surface area contributed by atoms with Crippen LogP contribution in [0, 0.1) is 19.8 Å². The van der Waals surface area contributed by atoms with E-state index in [1.165, 1.54) is 5.56 Å². The van der Waals surface area contributed by atoms with Crippen LogP contribution in [0.3, 0.4) is 0 Å². The summed E-state index contributed by atoms with van der Waals surface area (Å²) in [5.74, 6) is 1.11. The Morgan fingerprint density at radius 3 is 2.62 bits per heavy atom. The minimum Gasteiger partial charge on any atom is -0.356 e. The monoisotopic (exact) mass is 349 g/mol. The third-order valence-electron chi connectivity index (χ3n) is 5.13. The molecule has 4 rings (SSSR count). The number of carbonyl (C=O) groups is 1. The van der Waals surface area contributed by atoms with E-state index in [0.29, 0.717) is 0 Å². The molecule has 0 bridgehead atoms. The van der Waals surface area contributed by atoms with Crippen molar-refractivity contribution < 1.29 is 4.79 Å². The van der Waals surface area contributed by atoms with Crippen molar-refractivity contribution in [2.75, 3.05) is 23.3 Å². The molecule has 0 unspecified atom stereocenters. The van der Waals surface area contributed by atoms with E-state index in [-0.39, 0.29) is 11.8 Å². The average molecular weight is 349 g/mol. The first-order chi connectivity index (χ1) is 12.6. The van der Waals surface area contributed by atoms with Crippen LogP contribution in [-0.2, 0) is 4.79 Å². The van der Waals surface area contributed by atoms with E-state index >= 15 is 0 Å². The summed E-state index contributed by atoms with van der Waals surface area (Å²) in [6.07, 6.45) is 5.22. The maximum absolute atomic E-state index is 12.6. The van der Waals surface area contributed by atoms with Gasteiger partial charge in [0, 0.05) is 30.9 Å². The third-order valence-corrected chi connectivity index (χ3v) is 5.13. The van der Waals surface area contributed by atoms with Crippen molar-refractivity contribution in [1.82, 2.24) is 15.0 Å². The first kappa shape index (κ1) is 16.6. The zero-order valence-corrected chi connectivity index (χ0v) is 15.1. The highest BCUT2D eigenvalue weighted by Crippen LogP contribution is 2.29. The number of rotatable bonds is 3. The predicted octanol–water partition coefficient (Wildman–Crippen LogP) is 3.43. The highest BCUT2D eigenvalue weighted by molar-refractivity contribution is 5.93. The van der Waals surface area contributed by atoms with Gasteiger partial charge < -0.3 is 15.2 Å². The number of amides is 1. The number of H-pyrrole nitrogens is 1. The molecule has 3 heterocycles. The molecule has 0 radical (unpaired) electrons. The lowest BCUT2D eigenvalue weighted by molar-refractivity contribution is -0.120. The van der Waals surface area contributed by atoms with Gasteiger partial charge in [-0.3, -0.25) is 4.79 Å². The number of aryl methyl sites for hydroxylation is 2. The minimum absolute atomic E-state index is 0.0391. The molecule has 0 atom stereocenters. The predicted molar refractivity (Wildman–Crippen MR) is 103 cm³/mol. The molecule has 1 fully saturated rings. The van der Waals surface area contributed by atoms with E-state index in [1.54, 1.807) is 6.33 Å². The van der Waals surface area contributed by atoms with Gasteiger partial charge in [-0.25, -0.2) is 9.97 Å². The quantitative estimate of drug-likeness (QED) is 0.760. The first-order valence-corrected chi connectivity index (χ1v) is 9.03. The van der Waals surface area contributed by atoms with Gasteiger partial charge in [0.1, 0.15) is 17.8 Å². The van der Waals surface area contributed by atoms with E-state index < -0.39 is 0 Å². The molecule has 6 heteroatoms. The molecule has 1 aromatic carbocycles. The Morgan fingerprint density at radius 1 is 1.15 bits per heavy atom. The van der Waals surface area contributed by atoms with Crippen molar-refractivity contribution >= 4 is 28.4 Å². The number of benzene rings is 1. The zero-order valence-electron chi connectivity index (χ0n) is 15.1. The number of nitrogens with one attached hydrogen (secondary N) is 2. The van der Waals surface area contributed by atoms with Gasteiger partial charge in [0.05, 0.1) is 5.39 Å². The Bertz CT molecular complexity index is 923. The Kier molecular flexibility index (Phi) is 4.32. The van der Waals surface area contributed by atoms with Crippen molar-refractivity contribution in [3.8, 4) is 0 Å². The van der Waals surface area contributed by atoms with Crippen molar-refractivity contribution in [2.45, 2.75) is 26.7 Å². The number of piperidine rings is 1. The van der Waals surface area contributed by atoms with Crippen molar-refractivity contribution in [3.63, 3.8) is 0 Å². The second kappa shape index (κ2) is 6.78. The van der Waals surface area contributed by atoms with Crippen LogP contribution < -0.4 is 10.2 Å². The molecule has 2 aromatic heterocycles. The summed E-state index contributed by atoms with van der Waals surface area (Å²) in [4.78, 5) is 26.8. The number of hydrogen-bond donors (Lipinski definition) is 2. The molecule has 1 aliphatic heterocycles. The number of nitrogens with zero attached hydrogens (tertiary/aromatic N) is 3. The molecule has 2 N–H and O–H groups in total. The summed E-state index contributed by atoms with van der Waals surface area (Å²) in [6, 6.07) is 7.93. The highest BCUT2D eigenvalue weighted by atomic mass is 16.1. The topological polar surface area (TPSA) is 73.9 Å². The molecule has 134 valence electrons. The van der Waals surface area contributed by atoms with E-state index in [4.69, 9.17) is 0 Å². The second-order valence-corrected chi connectivity index (χ2v) is 7.01. The zero-order chi connectivity index (χ0) is 18.1. The highest BCUT2D eigenvalue weighted by Gasteiger charge is 2.27. The van der Waals surface area contributed by atoms with Gasteiger partial charge in [-0.05, 0) is 44.4 Å². The smallest absolute Gasteiger partial charge is 0.227 e. The third kappa shape index (κ3) is 3.14. The standard InChI is InChI=1S/C20H23N5O/c1-13-3-5-16(6-4-13)24-20(26)15-7-9-25(10-8-15)19-17-14(2)11-21-18(17)22-12-23-19/h3-6,11-12,15H,7-10H2,1-2H3,(H,24,26)(H,21,22,23). The maximum atomic E-state index is 12.6. The van der Waals surface area contributed by atoms with Crippen LogP contribution >= 0.6 is 0 Å². The Labute approximate surface area is 152 Å². The van der Waals surface area contributed by atoms with Gasteiger partial charge in [0.25, 0.3) is 0 Å². The minimum atomic E-state index is 0.0391. The van der Waals surface area contributed by atoms with Gasteiger partial charge in [-0.1, -0.05) is 17.7 Å². The summed E-state index contributed by atoms with van der Waals surface area (Å²) < 4.78 is 0. The van der Waals surface area contributed by atoms with E-state index in [2.05, 4.69) is 32.1 Å². The van der Waals surface area contributed by atoms with Gasteiger partial charge in [0.15, 0.2) is 0 Å². The van der Waals surface area contributed by atoms with E-state index in [9.17, 15) is 4.79 Å². The number of carbonyl (C=O) groups excluding carboxylic acids is 1. The van der Waals surface area contributed by atoms with E-state index in [1.807, 2.05) is 37.4 Å². The maximum Gasteiger partial charge on any atom is 0.227 e. The lowest BCUT2D eigenvalue weighted by Crippen LogP contribution is -2.38. The summed E-state index contributed by atoms with van der Waals surface area (Å²) in [7, 11) is 0. The molecule has 0 spiro atoms. The fraction of sp³-hybridized carbons (Fsp3) is 0.350. The fourth-order valence-electron chi connectivity index (χ4n) is 3.57. The molecule has 26 heavy (non-hydrogen) atoms. The molecule has 0 saturated carbocycles. The van der Waals surface area contributed by atoms with Gasteiger partial charge in [0.2, 0.25) is 5.91 Å². The lowest BCUT2D eigenvalue weighted by atomic mass is 9.95. The summed E-state index contributed by atoms with van der Waals surface area (Å²) in [5, 5.41) is 4.12. The molecule has 1 aliphatic rings. The van der Waals surface area contributed by atoms with Crippen LogP contribution in [0.2, 0.25) is 0 Å². The van der Waals surface area contributed by atoms with Crippen LogP contribution in [0.4, 0.5) is 11.5 Å². The SMILES string of the molecule is Cc1ccc(NC(=O)C2CCN(c3ncnc4[nH]cc(C)c34)CC2)cc1. The molecule has 1 amide bonds. The van der Waals surface area contributed by atoms with Crippen molar-refractivity contribution in [3.05, 3.63) is 47.9 Å². The number of aromatic nitrogens is 3. The van der Waals surface area contributed by atoms with Crippen molar-refractivity contribution in [2.24, 2.45) is 5.92 Å². The average Bonchev–Trinajstić information content (AvgIpc) is 3.05. The van der Waals surface area contributed by atoms with Crippen LogP contribution in [0.1, 0.15) is 24.0 Å². The normalized spacial score (nSPS) is 15.4. The number of fused-ring (bicyclic) bond motifs is 1. The largest absolute Gasteiger partial charge is 0.356 e. The lowest BCUT2D eigenvalue weighted by Gasteiger charge is -2.32. The van der Waals surface area contributed by atoms with Crippen molar-refractivity contribution in [1.29, 1.82) is 0 Å². The van der Waals surface area contributed by atoms with Crippen LogP contribution in [0.5, 0.6) is 0 Å².